The van der Waals surface area contributed by atoms with E-state index in [0.29, 0.717) is 5.56 Å². The van der Waals surface area contributed by atoms with Gasteiger partial charge in [0.15, 0.2) is 0 Å². The summed E-state index contributed by atoms with van der Waals surface area (Å²) in [5, 5.41) is 14.2. The van der Waals surface area contributed by atoms with Gasteiger partial charge in [0.05, 0.1) is 29.4 Å². The average Bonchev–Trinajstić information content (AvgIpc) is 3.51. The van der Waals surface area contributed by atoms with Crippen molar-refractivity contribution in [2.45, 2.75) is 32.5 Å². The molecule has 1 fully saturated rings. The smallest absolute Gasteiger partial charge is 0.251 e. The number of aromatic nitrogens is 4. The fourth-order valence-corrected chi connectivity index (χ4v) is 4.36. The number of aryl methyl sites for hydroxylation is 2. The lowest BCUT2D eigenvalue weighted by Crippen LogP contribution is -2.36. The Balaban J connectivity index is 1.40. The van der Waals surface area contributed by atoms with Gasteiger partial charge in [0.1, 0.15) is 5.65 Å². The number of nitrogens with one attached hydrogen (secondary N) is 3. The molecular weight excluding hydrogens is 402 g/mol. The van der Waals surface area contributed by atoms with Gasteiger partial charge >= 0.3 is 0 Å². The highest BCUT2D eigenvalue weighted by molar-refractivity contribution is 5.95. The van der Waals surface area contributed by atoms with Crippen molar-refractivity contribution in [2.75, 3.05) is 13.6 Å². The highest BCUT2D eigenvalue weighted by Crippen LogP contribution is 2.24. The van der Waals surface area contributed by atoms with Crippen LogP contribution >= 0.6 is 0 Å². The minimum Gasteiger partial charge on any atom is -0.348 e. The molecule has 3 aromatic heterocycles. The molecule has 164 valence electrons. The normalized spacial score (nSPS) is 18.3. The first-order valence-electron chi connectivity index (χ1n) is 10.8. The van der Waals surface area contributed by atoms with E-state index in [2.05, 4.69) is 44.2 Å². The van der Waals surface area contributed by atoms with Crippen LogP contribution in [0.15, 0.2) is 54.9 Å². The van der Waals surface area contributed by atoms with Gasteiger partial charge in [-0.3, -0.25) is 14.5 Å². The number of benzene rings is 1. The lowest BCUT2D eigenvalue weighted by atomic mass is 10.1. The Labute approximate surface area is 186 Å². The van der Waals surface area contributed by atoms with Crippen LogP contribution in [0.3, 0.4) is 0 Å². The molecule has 1 amide bonds. The molecule has 8 nitrogen and oxygen atoms in total. The van der Waals surface area contributed by atoms with Crippen molar-refractivity contribution >= 4 is 11.6 Å². The van der Waals surface area contributed by atoms with E-state index in [1.807, 2.05) is 66.6 Å². The predicted octanol–water partition coefficient (Wildman–Crippen LogP) is 2.44. The number of pyridine rings is 1. The quantitative estimate of drug-likeness (QED) is 0.454. The summed E-state index contributed by atoms with van der Waals surface area (Å²) in [5.74, 6) is -0.0767. The molecule has 1 aliphatic rings. The van der Waals surface area contributed by atoms with Gasteiger partial charge in [0, 0.05) is 35.6 Å². The summed E-state index contributed by atoms with van der Waals surface area (Å²) >= 11 is 0. The zero-order valence-corrected chi connectivity index (χ0v) is 18.5. The van der Waals surface area contributed by atoms with Crippen LogP contribution < -0.4 is 16.0 Å². The minimum atomic E-state index is -0.0767. The average molecular weight is 430 g/mol. The number of amides is 1. The van der Waals surface area contributed by atoms with Gasteiger partial charge in [-0.2, -0.15) is 5.10 Å². The number of carbonyl (C=O) groups excluding carboxylic acids is 1. The fourth-order valence-electron chi connectivity index (χ4n) is 4.36. The number of hydrogen-bond donors (Lipinski definition) is 3. The molecule has 0 bridgehead atoms. The van der Waals surface area contributed by atoms with Crippen molar-refractivity contribution in [3.8, 4) is 16.9 Å². The van der Waals surface area contributed by atoms with E-state index in [0.717, 1.165) is 46.9 Å². The van der Waals surface area contributed by atoms with E-state index in [4.69, 9.17) is 0 Å². The molecule has 1 saturated heterocycles. The van der Waals surface area contributed by atoms with Crippen LogP contribution in [0.1, 0.15) is 28.2 Å². The predicted molar refractivity (Wildman–Crippen MR) is 124 cm³/mol. The monoisotopic (exact) mass is 429 g/mol. The second-order valence-electron chi connectivity index (χ2n) is 8.33. The molecule has 0 unspecified atom stereocenters. The number of carbonyl (C=O) groups is 1. The van der Waals surface area contributed by atoms with Crippen molar-refractivity contribution in [2.24, 2.45) is 0 Å². The summed E-state index contributed by atoms with van der Waals surface area (Å²) in [7, 11) is 1.92. The molecular formula is C24H27N7O. The lowest BCUT2D eigenvalue weighted by molar-refractivity contribution is 0.0939. The second kappa shape index (κ2) is 8.22. The number of nitrogens with zero attached hydrogens (tertiary/aromatic N) is 4. The molecule has 4 aromatic rings. The summed E-state index contributed by atoms with van der Waals surface area (Å²) in [5.41, 5.74) is 6.43. The summed E-state index contributed by atoms with van der Waals surface area (Å²) in [6.07, 6.45) is 4.86. The highest BCUT2D eigenvalue weighted by Gasteiger charge is 2.24. The Kier molecular flexibility index (Phi) is 5.24. The molecule has 0 spiro atoms. The van der Waals surface area contributed by atoms with E-state index >= 15 is 0 Å². The SMILES string of the molecule is CN[C@H]1C[C@H](NC(=O)c2ccn3c(-c4cccc(-n5nc(C)cc5C)c4)cnc3c2)CN1. The second-order valence-corrected chi connectivity index (χ2v) is 8.33. The van der Waals surface area contributed by atoms with Gasteiger partial charge in [-0.15, -0.1) is 0 Å². The highest BCUT2D eigenvalue weighted by atomic mass is 16.1. The Morgan fingerprint density at radius 3 is 2.81 bits per heavy atom. The van der Waals surface area contributed by atoms with Crippen molar-refractivity contribution in [3.63, 3.8) is 0 Å². The fraction of sp³-hybridized carbons (Fsp3) is 0.292. The van der Waals surface area contributed by atoms with Gasteiger partial charge in [0.25, 0.3) is 5.91 Å². The topological polar surface area (TPSA) is 88.3 Å². The number of hydrogen-bond acceptors (Lipinski definition) is 5. The summed E-state index contributed by atoms with van der Waals surface area (Å²) in [6, 6.07) is 14.1. The Hall–Kier alpha value is -3.49. The number of fused-ring (bicyclic) bond motifs is 1. The first kappa shape index (κ1) is 20.4. The molecule has 4 heterocycles. The summed E-state index contributed by atoms with van der Waals surface area (Å²) in [4.78, 5) is 17.3. The maximum atomic E-state index is 12.7. The lowest BCUT2D eigenvalue weighted by Gasteiger charge is -2.12. The van der Waals surface area contributed by atoms with Crippen LogP contribution in [0.2, 0.25) is 0 Å². The molecule has 0 aliphatic carbocycles. The van der Waals surface area contributed by atoms with E-state index in [1.54, 1.807) is 0 Å². The number of imidazole rings is 1. The first-order valence-corrected chi connectivity index (χ1v) is 10.8. The molecule has 1 aliphatic heterocycles. The van der Waals surface area contributed by atoms with E-state index < -0.39 is 0 Å². The van der Waals surface area contributed by atoms with Crippen LogP contribution in [0.25, 0.3) is 22.6 Å². The third kappa shape index (κ3) is 3.79. The zero-order valence-electron chi connectivity index (χ0n) is 18.5. The Morgan fingerprint density at radius 1 is 1.19 bits per heavy atom. The van der Waals surface area contributed by atoms with Crippen molar-refractivity contribution in [3.05, 3.63) is 71.8 Å². The van der Waals surface area contributed by atoms with Crippen molar-refractivity contribution in [1.82, 2.24) is 35.1 Å². The Morgan fingerprint density at radius 2 is 2.06 bits per heavy atom. The van der Waals surface area contributed by atoms with Gasteiger partial charge in [-0.25, -0.2) is 9.67 Å². The van der Waals surface area contributed by atoms with Crippen LogP contribution in [0, 0.1) is 13.8 Å². The molecule has 0 saturated carbocycles. The first-order chi connectivity index (χ1) is 15.5. The van der Waals surface area contributed by atoms with Gasteiger partial charge in [-0.05, 0) is 57.6 Å². The molecule has 1 aromatic carbocycles. The van der Waals surface area contributed by atoms with Crippen molar-refractivity contribution in [1.29, 1.82) is 0 Å². The maximum Gasteiger partial charge on any atom is 0.251 e. The Bertz CT molecular complexity index is 1290. The van der Waals surface area contributed by atoms with Crippen LogP contribution in [0.4, 0.5) is 0 Å². The van der Waals surface area contributed by atoms with E-state index in [1.165, 1.54) is 0 Å². The van der Waals surface area contributed by atoms with Gasteiger partial charge < -0.3 is 10.6 Å². The van der Waals surface area contributed by atoms with Gasteiger partial charge in [-0.1, -0.05) is 12.1 Å². The molecule has 0 radical (unpaired) electrons. The van der Waals surface area contributed by atoms with E-state index in [9.17, 15) is 4.79 Å². The third-order valence-corrected chi connectivity index (χ3v) is 5.99. The maximum absolute atomic E-state index is 12.7. The third-order valence-electron chi connectivity index (χ3n) is 5.99. The van der Waals surface area contributed by atoms with Gasteiger partial charge in [0.2, 0.25) is 0 Å². The molecule has 2 atom stereocenters. The summed E-state index contributed by atoms with van der Waals surface area (Å²) in [6.45, 7) is 4.81. The molecule has 32 heavy (non-hydrogen) atoms. The van der Waals surface area contributed by atoms with Crippen molar-refractivity contribution < 1.29 is 4.79 Å². The van der Waals surface area contributed by atoms with Crippen LogP contribution in [0.5, 0.6) is 0 Å². The molecule has 5 rings (SSSR count). The molecule has 8 heteroatoms. The van der Waals surface area contributed by atoms with Crippen LogP contribution in [-0.2, 0) is 0 Å². The van der Waals surface area contributed by atoms with Crippen LogP contribution in [-0.4, -0.2) is 50.9 Å². The number of rotatable bonds is 5. The minimum absolute atomic E-state index is 0.0767. The standard InChI is InChI=1S/C24H27N7O/c1-15-9-16(2)31(29-15)20-6-4-5-17(10-20)21-14-27-23-11-18(7-8-30(21)23)24(32)28-19-12-22(25-3)26-13-19/h4-11,14,19,22,25-26H,12-13H2,1-3H3,(H,28,32)/t19-,22+/m0/s1. The van der Waals surface area contributed by atoms with E-state index in [-0.39, 0.29) is 18.1 Å². The largest absolute Gasteiger partial charge is 0.348 e. The summed E-state index contributed by atoms with van der Waals surface area (Å²) < 4.78 is 3.95. The molecule has 3 N–H and O–H groups in total. The zero-order chi connectivity index (χ0) is 22.2.